The molecule has 51 heavy (non-hydrogen) atoms. The van der Waals surface area contributed by atoms with Gasteiger partial charge in [-0.1, -0.05) is 39.0 Å². The van der Waals surface area contributed by atoms with Gasteiger partial charge in [0.2, 0.25) is 11.8 Å². The first kappa shape index (κ1) is 38.4. The molecule has 0 aromatic heterocycles. The minimum atomic E-state index is -0.912. The van der Waals surface area contributed by atoms with Gasteiger partial charge in [0.05, 0.1) is 12.6 Å². The van der Waals surface area contributed by atoms with Crippen LogP contribution in [-0.2, 0) is 25.8 Å². The van der Waals surface area contributed by atoms with Crippen LogP contribution in [0.15, 0.2) is 36.4 Å². The number of nitrogens with one attached hydrogen (secondary N) is 3. The molecule has 8 atom stereocenters. The fourth-order valence-corrected chi connectivity index (χ4v) is 8.73. The predicted octanol–water partition coefficient (Wildman–Crippen LogP) is 4.24. The number of anilines is 1. The first-order chi connectivity index (χ1) is 24.0. The van der Waals surface area contributed by atoms with Crippen LogP contribution >= 0.6 is 0 Å². The number of hydrogen-bond acceptors (Lipinski definition) is 8. The molecule has 0 spiro atoms. The van der Waals surface area contributed by atoms with E-state index in [-0.39, 0.29) is 60.9 Å². The molecule has 2 aromatic rings. The van der Waals surface area contributed by atoms with Crippen molar-refractivity contribution in [2.75, 3.05) is 32.6 Å². The SMILES string of the molecule is CNC(=O)c1cc(-c2cccc(CN3O[C@@H](CNC(=O)CCC(C)=O)[C@@H]([C@H](C)O)[C@H]3C(=O)N[C@H]3C[C@H]4C[C@@H]([C@@H]3C)C4(C)C)c2C)cc(N(C)C)c1. The molecule has 11 nitrogen and oxygen atoms in total. The Balaban J connectivity index is 1.45. The molecule has 0 unspecified atom stereocenters. The number of ketones is 1. The molecule has 6 rings (SSSR count). The number of rotatable bonds is 13. The maximum absolute atomic E-state index is 14.4. The number of amides is 3. The van der Waals surface area contributed by atoms with Gasteiger partial charge in [0.1, 0.15) is 17.9 Å². The highest BCUT2D eigenvalue weighted by Crippen LogP contribution is 2.61. The van der Waals surface area contributed by atoms with Crippen molar-refractivity contribution in [1.82, 2.24) is 21.0 Å². The zero-order chi connectivity index (χ0) is 37.4. The highest BCUT2D eigenvalue weighted by Gasteiger charge is 2.57. The number of carbonyl (C=O) groups is 4. The van der Waals surface area contributed by atoms with E-state index in [0.717, 1.165) is 34.4 Å². The molecule has 2 bridgehead atoms. The van der Waals surface area contributed by atoms with Gasteiger partial charge in [0, 0.05) is 63.7 Å². The summed E-state index contributed by atoms with van der Waals surface area (Å²) in [6, 6.07) is 11.0. The lowest BCUT2D eigenvalue weighted by Gasteiger charge is -2.62. The predicted molar refractivity (Wildman–Crippen MR) is 198 cm³/mol. The lowest BCUT2D eigenvalue weighted by atomic mass is 9.45. The fraction of sp³-hybridized carbons (Fsp3) is 0.600. The van der Waals surface area contributed by atoms with E-state index in [0.29, 0.717) is 23.3 Å². The van der Waals surface area contributed by atoms with E-state index in [1.165, 1.54) is 13.3 Å². The fourth-order valence-electron chi connectivity index (χ4n) is 8.73. The van der Waals surface area contributed by atoms with Gasteiger partial charge in [0.15, 0.2) is 0 Å². The number of aliphatic hydroxyl groups excluding tert-OH is 1. The van der Waals surface area contributed by atoms with Crippen molar-refractivity contribution in [3.63, 3.8) is 0 Å². The molecule has 1 saturated heterocycles. The van der Waals surface area contributed by atoms with E-state index in [1.807, 2.05) is 62.3 Å². The third-order valence-corrected chi connectivity index (χ3v) is 12.1. The zero-order valence-electron chi connectivity index (χ0n) is 31.7. The molecule has 1 aliphatic heterocycles. The lowest BCUT2D eigenvalue weighted by Crippen LogP contribution is -2.62. The Morgan fingerprint density at radius 2 is 1.82 bits per heavy atom. The second-order valence-electron chi connectivity index (χ2n) is 15.9. The minimum Gasteiger partial charge on any atom is -0.393 e. The quantitative estimate of drug-likeness (QED) is 0.243. The van der Waals surface area contributed by atoms with Gasteiger partial charge in [-0.25, -0.2) is 0 Å². The summed E-state index contributed by atoms with van der Waals surface area (Å²) in [6.07, 6.45) is 0.738. The largest absolute Gasteiger partial charge is 0.393 e. The van der Waals surface area contributed by atoms with Crippen LogP contribution in [0.2, 0.25) is 0 Å². The molecule has 3 amide bonds. The van der Waals surface area contributed by atoms with E-state index in [2.05, 4.69) is 36.7 Å². The highest BCUT2D eigenvalue weighted by molar-refractivity contribution is 5.97. The topological polar surface area (TPSA) is 140 Å². The maximum Gasteiger partial charge on any atom is 0.251 e. The third kappa shape index (κ3) is 8.00. The second-order valence-corrected chi connectivity index (χ2v) is 15.9. The van der Waals surface area contributed by atoms with Crippen LogP contribution in [0, 0.1) is 36.0 Å². The van der Waals surface area contributed by atoms with E-state index in [4.69, 9.17) is 4.84 Å². The molecular weight excluding hydrogens is 646 g/mol. The van der Waals surface area contributed by atoms with E-state index >= 15 is 0 Å². The maximum atomic E-state index is 14.4. The molecule has 4 fully saturated rings. The first-order valence-electron chi connectivity index (χ1n) is 18.3. The van der Waals surface area contributed by atoms with Crippen molar-refractivity contribution in [2.24, 2.45) is 29.1 Å². The molecule has 1 heterocycles. The van der Waals surface area contributed by atoms with Gasteiger partial charge in [-0.3, -0.25) is 19.2 Å². The van der Waals surface area contributed by atoms with E-state index < -0.39 is 24.2 Å². The molecule has 3 aliphatic carbocycles. The summed E-state index contributed by atoms with van der Waals surface area (Å²) in [6.45, 7) is 12.4. The van der Waals surface area contributed by atoms with Crippen molar-refractivity contribution in [3.8, 4) is 11.1 Å². The van der Waals surface area contributed by atoms with Crippen molar-refractivity contribution in [2.45, 2.75) is 98.1 Å². The Bertz CT molecular complexity index is 1640. The van der Waals surface area contributed by atoms with Gasteiger partial charge in [-0.05, 0) is 97.2 Å². The zero-order valence-corrected chi connectivity index (χ0v) is 31.7. The Kier molecular flexibility index (Phi) is 11.6. The average molecular weight is 704 g/mol. The molecule has 4 N–H and O–H groups in total. The van der Waals surface area contributed by atoms with Crippen molar-refractivity contribution in [3.05, 3.63) is 53.1 Å². The number of hydroxylamine groups is 2. The minimum absolute atomic E-state index is 0.0275. The summed E-state index contributed by atoms with van der Waals surface area (Å²) < 4.78 is 0. The van der Waals surface area contributed by atoms with Crippen LogP contribution in [-0.4, -0.2) is 85.7 Å². The Morgan fingerprint density at radius 3 is 2.43 bits per heavy atom. The van der Waals surface area contributed by atoms with Gasteiger partial charge in [0.25, 0.3) is 5.91 Å². The number of Topliss-reactive ketones (excluding diaryl/α,β-unsaturated/α-hetero) is 1. The molecule has 3 saturated carbocycles. The van der Waals surface area contributed by atoms with Crippen LogP contribution in [0.1, 0.15) is 81.8 Å². The Morgan fingerprint density at radius 1 is 1.10 bits per heavy atom. The van der Waals surface area contributed by atoms with Gasteiger partial charge >= 0.3 is 0 Å². The summed E-state index contributed by atoms with van der Waals surface area (Å²) in [4.78, 5) is 59.7. The van der Waals surface area contributed by atoms with Gasteiger partial charge in [-0.15, -0.1) is 0 Å². The van der Waals surface area contributed by atoms with Crippen LogP contribution in [0.3, 0.4) is 0 Å². The molecule has 2 aromatic carbocycles. The van der Waals surface area contributed by atoms with E-state index in [9.17, 15) is 24.3 Å². The smallest absolute Gasteiger partial charge is 0.251 e. The van der Waals surface area contributed by atoms with Gasteiger partial charge < -0.3 is 30.8 Å². The Hall–Kier alpha value is -3.80. The van der Waals surface area contributed by atoms with Gasteiger partial charge in [-0.2, -0.15) is 5.06 Å². The summed E-state index contributed by atoms with van der Waals surface area (Å²) in [5.74, 6) is 0.0841. The monoisotopic (exact) mass is 703 g/mol. The number of benzene rings is 2. The summed E-state index contributed by atoms with van der Waals surface area (Å²) in [5, 5.41) is 21.8. The normalized spacial score (nSPS) is 27.2. The first-order valence-corrected chi connectivity index (χ1v) is 18.3. The molecule has 0 radical (unpaired) electrons. The van der Waals surface area contributed by atoms with Crippen molar-refractivity contribution >= 4 is 29.2 Å². The number of carbonyl (C=O) groups excluding carboxylic acids is 4. The molecule has 11 heteroatoms. The third-order valence-electron chi connectivity index (χ3n) is 12.1. The van der Waals surface area contributed by atoms with Crippen LogP contribution < -0.4 is 20.9 Å². The molecule has 278 valence electrons. The molecule has 4 aliphatic rings. The van der Waals surface area contributed by atoms with E-state index in [1.54, 1.807) is 19.0 Å². The lowest BCUT2D eigenvalue weighted by molar-refractivity contribution is -0.177. The Labute approximate surface area is 302 Å². The standard InChI is InChI=1S/C40H57N5O6/c1-22(46)13-14-35(48)42-20-34-36(25(4)47)37(39(50)43-33-19-29-18-32(24(33)3)40(29,5)6)45(51-34)21-26-11-10-12-31(23(26)2)27-15-28(38(49)41-7)17-30(16-27)44(8)9/h10-12,15-17,24-25,29,32-34,36-37,47H,13-14,18-21H2,1-9H3,(H,41,49)(H,42,48)(H,43,50)/t24-,25-,29+,32-,33-,34-,36+,37-/m0/s1. The molecular formula is C40H57N5O6. The van der Waals surface area contributed by atoms with Crippen molar-refractivity contribution in [1.29, 1.82) is 0 Å². The summed E-state index contributed by atoms with van der Waals surface area (Å²) >= 11 is 0. The second kappa shape index (κ2) is 15.4. The van der Waals surface area contributed by atoms with Crippen LogP contribution in [0.25, 0.3) is 11.1 Å². The summed E-state index contributed by atoms with van der Waals surface area (Å²) in [5.41, 5.74) is 5.43. The summed E-state index contributed by atoms with van der Waals surface area (Å²) in [7, 11) is 5.48. The van der Waals surface area contributed by atoms with Crippen molar-refractivity contribution < 1.29 is 29.1 Å². The number of aliphatic hydroxyl groups is 1. The number of hydrogen-bond donors (Lipinski definition) is 4. The highest BCUT2D eigenvalue weighted by atomic mass is 16.7. The number of fused-ring (bicyclic) bond motifs is 2. The average Bonchev–Trinajstić information content (AvgIpc) is 3.45. The van der Waals surface area contributed by atoms with Crippen LogP contribution in [0.5, 0.6) is 0 Å². The number of nitrogens with zero attached hydrogens (tertiary/aromatic N) is 2. The van der Waals surface area contributed by atoms with Crippen LogP contribution in [0.4, 0.5) is 5.69 Å².